The van der Waals surface area contributed by atoms with Crippen LogP contribution in [0.25, 0.3) is 0 Å². The molecule has 35 heavy (non-hydrogen) atoms. The van der Waals surface area contributed by atoms with Crippen molar-refractivity contribution in [2.75, 3.05) is 7.05 Å². The number of rotatable bonds is 6. The van der Waals surface area contributed by atoms with Gasteiger partial charge in [0.1, 0.15) is 5.92 Å². The maximum atomic E-state index is 14.2. The summed E-state index contributed by atoms with van der Waals surface area (Å²) in [5.41, 5.74) is 1.27. The van der Waals surface area contributed by atoms with Gasteiger partial charge in [0.15, 0.2) is 5.78 Å². The van der Waals surface area contributed by atoms with E-state index in [2.05, 4.69) is 41.5 Å². The lowest BCUT2D eigenvalue weighted by Gasteiger charge is -2.29. The van der Waals surface area contributed by atoms with Gasteiger partial charge in [-0.2, -0.15) is 5.10 Å². The predicted octanol–water partition coefficient (Wildman–Crippen LogP) is 3.84. The van der Waals surface area contributed by atoms with E-state index in [1.54, 1.807) is 7.05 Å². The van der Waals surface area contributed by atoms with Crippen LogP contribution in [0.1, 0.15) is 5.56 Å². The van der Waals surface area contributed by atoms with Crippen LogP contribution in [0.15, 0.2) is 126 Å². The molecule has 1 unspecified atom stereocenters. The third-order valence-corrected chi connectivity index (χ3v) is 10.2. The second kappa shape index (κ2) is 9.69. The molecule has 5 heteroatoms. The first-order valence-electron chi connectivity index (χ1n) is 11.5. The highest BCUT2D eigenvalue weighted by atomic mass is 31.2. The van der Waals surface area contributed by atoms with Gasteiger partial charge in [0, 0.05) is 7.05 Å². The number of benzene rings is 4. The van der Waals surface area contributed by atoms with Crippen LogP contribution in [0.5, 0.6) is 0 Å². The van der Waals surface area contributed by atoms with Crippen molar-refractivity contribution in [3.05, 3.63) is 127 Å². The van der Waals surface area contributed by atoms with Gasteiger partial charge in [-0.25, -0.2) is 5.01 Å². The number of ketones is 1. The largest absolute Gasteiger partial charge is 0.293 e. The number of hydrogen-bond donors (Lipinski definition) is 0. The van der Waals surface area contributed by atoms with E-state index in [1.165, 1.54) is 5.01 Å². The average Bonchev–Trinajstić information content (AvgIpc) is 3.23. The lowest BCUT2D eigenvalue weighted by Crippen LogP contribution is -2.36. The van der Waals surface area contributed by atoms with E-state index < -0.39 is 12.8 Å². The minimum absolute atomic E-state index is 0.230. The SMILES string of the molecule is CN1N=C(c2ccccc2)C(C(=O)C=P(c2ccccc2)(c2ccccc2)c2ccccc2)C1=O. The van der Waals surface area contributed by atoms with Crippen molar-refractivity contribution in [3.63, 3.8) is 0 Å². The molecule has 0 radical (unpaired) electrons. The number of carbonyl (C=O) groups is 2. The van der Waals surface area contributed by atoms with Gasteiger partial charge < -0.3 is 0 Å². The van der Waals surface area contributed by atoms with Crippen molar-refractivity contribution in [1.82, 2.24) is 5.01 Å². The summed E-state index contributed by atoms with van der Waals surface area (Å²) in [4.78, 5) is 27.4. The van der Waals surface area contributed by atoms with Crippen LogP contribution in [-0.4, -0.2) is 35.3 Å². The third-order valence-electron chi connectivity index (χ3n) is 6.26. The molecule has 1 aliphatic rings. The van der Waals surface area contributed by atoms with E-state index in [4.69, 9.17) is 0 Å². The van der Waals surface area contributed by atoms with E-state index in [0.29, 0.717) is 5.71 Å². The van der Waals surface area contributed by atoms with Crippen LogP contribution in [0.3, 0.4) is 0 Å². The van der Waals surface area contributed by atoms with E-state index in [-0.39, 0.29) is 11.7 Å². The molecular weight excluding hydrogens is 451 g/mol. The van der Waals surface area contributed by atoms with Crippen LogP contribution in [0.2, 0.25) is 0 Å². The number of hydrazone groups is 1. The van der Waals surface area contributed by atoms with Crippen LogP contribution in [0, 0.1) is 5.92 Å². The fourth-order valence-corrected chi connectivity index (χ4v) is 8.39. The quantitative estimate of drug-likeness (QED) is 0.314. The Balaban J connectivity index is 1.77. The minimum Gasteiger partial charge on any atom is -0.293 e. The molecule has 0 saturated heterocycles. The topological polar surface area (TPSA) is 49.7 Å². The molecule has 0 aromatic heterocycles. The summed E-state index contributed by atoms with van der Waals surface area (Å²) in [6.45, 7) is -2.53. The molecule has 172 valence electrons. The minimum atomic E-state index is -2.53. The van der Waals surface area contributed by atoms with Gasteiger partial charge in [0.25, 0.3) is 5.91 Å². The number of carbonyl (C=O) groups excluding carboxylic acids is 2. The lowest BCUT2D eigenvalue weighted by molar-refractivity contribution is -0.133. The first kappa shape index (κ1) is 22.8. The van der Waals surface area contributed by atoms with Gasteiger partial charge in [-0.15, -0.1) is 0 Å². The molecule has 0 fully saturated rings. The Kier molecular flexibility index (Phi) is 6.31. The zero-order chi connectivity index (χ0) is 24.3. The summed E-state index contributed by atoms with van der Waals surface area (Å²) in [6.07, 6.45) is 0. The third kappa shape index (κ3) is 4.18. The van der Waals surface area contributed by atoms with Crippen LogP contribution < -0.4 is 15.9 Å². The number of hydrogen-bond acceptors (Lipinski definition) is 3. The summed E-state index contributed by atoms with van der Waals surface area (Å²) < 4.78 is 0. The molecule has 4 aromatic rings. The second-order valence-electron chi connectivity index (χ2n) is 8.41. The zero-order valence-corrected chi connectivity index (χ0v) is 20.3. The normalized spacial score (nSPS) is 15.6. The van der Waals surface area contributed by atoms with Crippen LogP contribution in [-0.2, 0) is 9.59 Å². The Bertz CT molecular complexity index is 1330. The Morgan fingerprint density at radius 3 is 1.54 bits per heavy atom. The molecule has 0 N–H and O–H groups in total. The summed E-state index contributed by atoms with van der Waals surface area (Å²) >= 11 is 0. The van der Waals surface area contributed by atoms with Crippen molar-refractivity contribution in [1.29, 1.82) is 0 Å². The Morgan fingerprint density at radius 1 is 0.714 bits per heavy atom. The standard InChI is InChI=1S/C30H25N2O2P/c1-32-30(34)28(29(31-32)23-14-6-2-7-15-23)27(33)22-35(24-16-8-3-9-17-24,25-18-10-4-11-19-25)26-20-12-5-13-21-26/h2-22,28H,1H3. The molecule has 1 atom stereocenters. The molecule has 4 nitrogen and oxygen atoms in total. The predicted molar refractivity (Wildman–Crippen MR) is 145 cm³/mol. The first-order valence-corrected chi connectivity index (χ1v) is 13.3. The maximum absolute atomic E-state index is 14.2. The summed E-state index contributed by atoms with van der Waals surface area (Å²) in [5, 5.41) is 8.92. The highest BCUT2D eigenvalue weighted by Crippen LogP contribution is 2.44. The molecule has 1 heterocycles. The first-order chi connectivity index (χ1) is 17.1. The van der Waals surface area contributed by atoms with E-state index in [1.807, 2.05) is 90.7 Å². The van der Waals surface area contributed by atoms with E-state index in [0.717, 1.165) is 21.5 Å². The Labute approximate surface area is 205 Å². The molecule has 0 saturated carbocycles. The van der Waals surface area contributed by atoms with Gasteiger partial charge in [-0.3, -0.25) is 9.59 Å². The average molecular weight is 477 g/mol. The smallest absolute Gasteiger partial charge is 0.259 e. The summed E-state index contributed by atoms with van der Waals surface area (Å²) in [6, 6.07) is 39.8. The van der Waals surface area contributed by atoms with Crippen molar-refractivity contribution in [2.24, 2.45) is 11.0 Å². The molecule has 0 aliphatic carbocycles. The van der Waals surface area contributed by atoms with Crippen LogP contribution >= 0.6 is 6.89 Å². The molecule has 0 bridgehead atoms. The Morgan fingerprint density at radius 2 is 1.11 bits per heavy atom. The molecule has 1 aliphatic heterocycles. The molecule has 1 amide bonds. The van der Waals surface area contributed by atoms with Gasteiger partial charge in [0.2, 0.25) is 0 Å². The second-order valence-corrected chi connectivity index (χ2v) is 11.7. The number of amides is 1. The monoisotopic (exact) mass is 476 g/mol. The van der Waals surface area contributed by atoms with E-state index >= 15 is 0 Å². The summed E-state index contributed by atoms with van der Waals surface area (Å²) in [7, 11) is 1.60. The number of nitrogens with zero attached hydrogens (tertiary/aromatic N) is 2. The molecular formula is C30H25N2O2P. The lowest BCUT2D eigenvalue weighted by atomic mass is 9.94. The molecule has 5 rings (SSSR count). The molecule has 0 spiro atoms. The van der Waals surface area contributed by atoms with Crippen molar-refractivity contribution >= 4 is 46.0 Å². The van der Waals surface area contributed by atoms with Crippen LogP contribution in [0.4, 0.5) is 0 Å². The fraction of sp³-hybridized carbons (Fsp3) is 0.0667. The van der Waals surface area contributed by atoms with Crippen molar-refractivity contribution in [3.8, 4) is 0 Å². The molecule has 4 aromatic carbocycles. The van der Waals surface area contributed by atoms with Gasteiger partial charge in [0.05, 0.1) is 5.71 Å². The highest BCUT2D eigenvalue weighted by molar-refractivity contribution is 7.95. The Hall–Kier alpha value is -4.01. The van der Waals surface area contributed by atoms with Gasteiger partial charge in [-0.05, 0) is 34.2 Å². The summed E-state index contributed by atoms with van der Waals surface area (Å²) in [5.74, 6) is 0.315. The number of Topliss-reactive ketones (excluding diaryl/α,β-unsaturated/α-hetero) is 1. The van der Waals surface area contributed by atoms with Crippen molar-refractivity contribution < 1.29 is 9.59 Å². The fourth-order valence-electron chi connectivity index (χ4n) is 4.59. The van der Waals surface area contributed by atoms with Gasteiger partial charge in [-0.1, -0.05) is 121 Å². The zero-order valence-electron chi connectivity index (χ0n) is 19.4. The maximum Gasteiger partial charge on any atom is 0.259 e. The van der Waals surface area contributed by atoms with E-state index in [9.17, 15) is 9.59 Å². The van der Waals surface area contributed by atoms with Gasteiger partial charge >= 0.3 is 0 Å². The highest BCUT2D eigenvalue weighted by Gasteiger charge is 2.40. The van der Waals surface area contributed by atoms with Crippen molar-refractivity contribution in [2.45, 2.75) is 0 Å².